The van der Waals surface area contributed by atoms with Crippen LogP contribution >= 0.6 is 0 Å². The van der Waals surface area contributed by atoms with Crippen molar-refractivity contribution in [3.8, 4) is 17.1 Å². The average molecular weight is 425 g/mol. The first-order chi connectivity index (χ1) is 14.4. The zero-order valence-electron chi connectivity index (χ0n) is 15.3. The molecule has 30 heavy (non-hydrogen) atoms. The number of primary sulfonamides is 1. The summed E-state index contributed by atoms with van der Waals surface area (Å²) in [7, 11) is -3.80. The molecule has 0 fully saturated rings. The lowest BCUT2D eigenvalue weighted by atomic mass is 10.1. The predicted octanol–water partition coefficient (Wildman–Crippen LogP) is 1.95. The average Bonchev–Trinajstić information content (AvgIpc) is 3.17. The first-order valence-electron chi connectivity index (χ1n) is 8.63. The van der Waals surface area contributed by atoms with Crippen LogP contribution < -0.4 is 15.2 Å². The van der Waals surface area contributed by atoms with Crippen LogP contribution in [0.5, 0.6) is 5.88 Å². The van der Waals surface area contributed by atoms with E-state index in [-0.39, 0.29) is 23.1 Å². The van der Waals surface area contributed by atoms with Crippen LogP contribution in [0.15, 0.2) is 70.3 Å². The summed E-state index contributed by atoms with van der Waals surface area (Å²) in [6.07, 6.45) is 1.25. The monoisotopic (exact) mass is 425 g/mol. The third-order valence-corrected chi connectivity index (χ3v) is 5.02. The lowest BCUT2D eigenvalue weighted by Gasteiger charge is -2.08. The van der Waals surface area contributed by atoms with Gasteiger partial charge in [-0.1, -0.05) is 35.5 Å². The number of carbonyl (C=O) groups excluding carboxylic acids is 1. The number of nitrogens with zero attached hydrogens (tertiary/aromatic N) is 3. The number of benzene rings is 2. The van der Waals surface area contributed by atoms with E-state index >= 15 is 0 Å². The fraction of sp³-hybridized carbons (Fsp3) is 0.0526. The Morgan fingerprint density at radius 1 is 1.07 bits per heavy atom. The number of fused-ring (bicyclic) bond motifs is 1. The number of aromatic nitrogens is 3. The Morgan fingerprint density at radius 3 is 2.50 bits per heavy atom. The minimum atomic E-state index is -3.80. The Hall–Kier alpha value is -3.83. The Labute approximate surface area is 170 Å². The SMILES string of the molecule is NS(=O)(=O)c1ccc(NC(=O)COc2ncnc3onc(-c4ccccc4)c23)cc1. The zero-order chi connectivity index (χ0) is 21.1. The van der Waals surface area contributed by atoms with Crippen LogP contribution in [0.4, 0.5) is 5.69 Å². The van der Waals surface area contributed by atoms with Gasteiger partial charge in [0.15, 0.2) is 6.61 Å². The maximum atomic E-state index is 12.2. The fourth-order valence-electron chi connectivity index (χ4n) is 2.72. The molecule has 3 N–H and O–H groups in total. The van der Waals surface area contributed by atoms with E-state index < -0.39 is 15.9 Å². The molecule has 0 aliphatic rings. The summed E-state index contributed by atoms with van der Waals surface area (Å²) >= 11 is 0. The molecule has 4 aromatic rings. The summed E-state index contributed by atoms with van der Waals surface area (Å²) in [4.78, 5) is 20.3. The summed E-state index contributed by atoms with van der Waals surface area (Å²) < 4.78 is 33.4. The van der Waals surface area contributed by atoms with Gasteiger partial charge in [-0.2, -0.15) is 4.98 Å². The number of hydrogen-bond acceptors (Lipinski definition) is 8. The van der Waals surface area contributed by atoms with Gasteiger partial charge >= 0.3 is 0 Å². The molecule has 0 aliphatic carbocycles. The largest absolute Gasteiger partial charge is 0.467 e. The van der Waals surface area contributed by atoms with E-state index in [4.69, 9.17) is 14.4 Å². The molecule has 0 aliphatic heterocycles. The van der Waals surface area contributed by atoms with Crippen molar-refractivity contribution in [3.05, 3.63) is 60.9 Å². The molecular formula is C19H15N5O5S. The molecule has 1 amide bonds. The number of hydrogen-bond donors (Lipinski definition) is 2. The molecule has 0 saturated heterocycles. The Kier molecular flexibility index (Phi) is 5.12. The van der Waals surface area contributed by atoms with Crippen molar-refractivity contribution in [1.29, 1.82) is 0 Å². The summed E-state index contributed by atoms with van der Waals surface area (Å²) in [5.41, 5.74) is 1.91. The maximum Gasteiger partial charge on any atom is 0.265 e. The van der Waals surface area contributed by atoms with Crippen LogP contribution in [-0.2, 0) is 14.8 Å². The zero-order valence-corrected chi connectivity index (χ0v) is 16.2. The highest BCUT2D eigenvalue weighted by Gasteiger charge is 2.18. The number of nitrogens with two attached hydrogens (primary N) is 1. The first-order valence-corrected chi connectivity index (χ1v) is 10.2. The van der Waals surface area contributed by atoms with Crippen molar-refractivity contribution in [3.63, 3.8) is 0 Å². The molecule has 2 aromatic carbocycles. The van der Waals surface area contributed by atoms with Crippen LogP contribution in [-0.4, -0.2) is 36.1 Å². The first kappa shape index (κ1) is 19.5. The molecule has 10 nitrogen and oxygen atoms in total. The smallest absolute Gasteiger partial charge is 0.265 e. The van der Waals surface area contributed by atoms with Crippen molar-refractivity contribution in [2.75, 3.05) is 11.9 Å². The number of ether oxygens (including phenoxy) is 1. The second-order valence-electron chi connectivity index (χ2n) is 6.16. The van der Waals surface area contributed by atoms with E-state index in [0.717, 1.165) is 5.56 Å². The minimum absolute atomic E-state index is 0.0546. The van der Waals surface area contributed by atoms with Crippen LogP contribution in [0, 0.1) is 0 Å². The number of carbonyl (C=O) groups is 1. The van der Waals surface area contributed by atoms with Crippen molar-refractivity contribution in [1.82, 2.24) is 15.1 Å². The van der Waals surface area contributed by atoms with E-state index in [1.54, 1.807) is 0 Å². The van der Waals surface area contributed by atoms with Crippen LogP contribution in [0.1, 0.15) is 0 Å². The van der Waals surface area contributed by atoms with E-state index in [1.807, 2.05) is 30.3 Å². The van der Waals surface area contributed by atoms with E-state index in [9.17, 15) is 13.2 Å². The van der Waals surface area contributed by atoms with Gasteiger partial charge in [-0.05, 0) is 24.3 Å². The predicted molar refractivity (Wildman–Crippen MR) is 107 cm³/mol. The Bertz CT molecular complexity index is 1300. The van der Waals surface area contributed by atoms with Gasteiger partial charge in [0.25, 0.3) is 11.6 Å². The Morgan fingerprint density at radius 2 is 1.80 bits per heavy atom. The van der Waals surface area contributed by atoms with Gasteiger partial charge in [-0.15, -0.1) is 0 Å². The normalized spacial score (nSPS) is 11.4. The standard InChI is InChI=1S/C19H15N5O5S/c20-30(26,27)14-8-6-13(7-9-14)23-15(25)10-28-18-16-17(12-4-2-1-3-5-12)24-29-19(16)22-11-21-18/h1-9,11H,10H2,(H,23,25)(H2,20,26,27). The second kappa shape index (κ2) is 7.89. The van der Waals surface area contributed by atoms with Crippen molar-refractivity contribution >= 4 is 32.7 Å². The lowest BCUT2D eigenvalue weighted by molar-refractivity contribution is -0.118. The molecule has 0 radical (unpaired) electrons. The Balaban J connectivity index is 1.50. The minimum Gasteiger partial charge on any atom is -0.467 e. The maximum absolute atomic E-state index is 12.2. The number of nitrogens with one attached hydrogen (secondary N) is 1. The molecule has 0 spiro atoms. The van der Waals surface area contributed by atoms with Crippen molar-refractivity contribution in [2.24, 2.45) is 5.14 Å². The summed E-state index contributed by atoms with van der Waals surface area (Å²) in [6.45, 7) is -0.345. The van der Waals surface area contributed by atoms with E-state index in [2.05, 4.69) is 20.4 Å². The van der Waals surface area contributed by atoms with Gasteiger partial charge in [0.05, 0.1) is 4.90 Å². The molecule has 2 heterocycles. The summed E-state index contributed by atoms with van der Waals surface area (Å²) in [5, 5.41) is 12.1. The molecular weight excluding hydrogens is 410 g/mol. The van der Waals surface area contributed by atoms with Gasteiger partial charge in [-0.25, -0.2) is 18.5 Å². The highest BCUT2D eigenvalue weighted by molar-refractivity contribution is 7.89. The van der Waals surface area contributed by atoms with E-state index in [1.165, 1.54) is 30.6 Å². The molecule has 4 rings (SSSR count). The number of anilines is 1. The second-order valence-corrected chi connectivity index (χ2v) is 7.72. The van der Waals surface area contributed by atoms with Crippen LogP contribution in [0.2, 0.25) is 0 Å². The van der Waals surface area contributed by atoms with Crippen molar-refractivity contribution in [2.45, 2.75) is 4.90 Å². The van der Waals surface area contributed by atoms with Crippen molar-refractivity contribution < 1.29 is 22.5 Å². The number of sulfonamides is 1. The van der Waals surface area contributed by atoms with Crippen LogP contribution in [0.3, 0.4) is 0 Å². The summed E-state index contributed by atoms with van der Waals surface area (Å²) in [6, 6.07) is 14.7. The fourth-order valence-corrected chi connectivity index (χ4v) is 3.24. The third-order valence-electron chi connectivity index (χ3n) is 4.09. The number of amides is 1. The van der Waals surface area contributed by atoms with Gasteiger partial charge in [0, 0.05) is 11.3 Å². The number of rotatable bonds is 6. The molecule has 0 unspecified atom stereocenters. The van der Waals surface area contributed by atoms with Gasteiger partial charge in [0.2, 0.25) is 15.9 Å². The highest BCUT2D eigenvalue weighted by Crippen LogP contribution is 2.32. The molecule has 2 aromatic heterocycles. The topological polar surface area (TPSA) is 150 Å². The van der Waals surface area contributed by atoms with Gasteiger partial charge in [-0.3, -0.25) is 4.79 Å². The lowest BCUT2D eigenvalue weighted by Crippen LogP contribution is -2.20. The molecule has 11 heteroatoms. The molecule has 0 saturated carbocycles. The third kappa shape index (κ3) is 4.11. The van der Waals surface area contributed by atoms with Gasteiger partial charge in [0.1, 0.15) is 17.4 Å². The van der Waals surface area contributed by atoms with Gasteiger partial charge < -0.3 is 14.6 Å². The molecule has 152 valence electrons. The summed E-state index contributed by atoms with van der Waals surface area (Å²) in [5.74, 6) is -0.317. The van der Waals surface area contributed by atoms with E-state index in [0.29, 0.717) is 16.8 Å². The van der Waals surface area contributed by atoms with Crippen LogP contribution in [0.25, 0.3) is 22.4 Å². The quantitative estimate of drug-likeness (QED) is 0.476. The molecule has 0 atom stereocenters. The highest BCUT2D eigenvalue weighted by atomic mass is 32.2. The molecule has 0 bridgehead atoms.